The van der Waals surface area contributed by atoms with Gasteiger partial charge in [-0.25, -0.2) is 4.79 Å². The minimum atomic E-state index is -4.44. The van der Waals surface area contributed by atoms with Crippen LogP contribution < -0.4 is 5.32 Å². The number of alkyl halides is 3. The highest BCUT2D eigenvalue weighted by atomic mass is 19.4. The van der Waals surface area contributed by atoms with Crippen LogP contribution in [0.3, 0.4) is 0 Å². The molecule has 0 bridgehead atoms. The van der Waals surface area contributed by atoms with Crippen LogP contribution in [0.15, 0.2) is 24.3 Å². The molecule has 1 N–H and O–H groups in total. The molecule has 1 fully saturated rings. The number of hydrogen-bond acceptors (Lipinski definition) is 3. The molecule has 28 heavy (non-hydrogen) atoms. The van der Waals surface area contributed by atoms with Crippen molar-refractivity contribution in [3.63, 3.8) is 0 Å². The first kappa shape index (κ1) is 22.0. The average molecular weight is 400 g/mol. The second-order valence-electron chi connectivity index (χ2n) is 7.34. The summed E-state index contributed by atoms with van der Waals surface area (Å²) in [6.07, 6.45) is -3.59. The highest BCUT2D eigenvalue weighted by Crippen LogP contribution is 2.32. The van der Waals surface area contributed by atoms with E-state index in [1.165, 1.54) is 11.0 Å². The summed E-state index contributed by atoms with van der Waals surface area (Å²) in [5, 5.41) is 2.89. The number of nitrogens with zero attached hydrogens (tertiary/aromatic N) is 1. The van der Waals surface area contributed by atoms with Crippen molar-refractivity contribution in [2.75, 3.05) is 19.7 Å². The summed E-state index contributed by atoms with van der Waals surface area (Å²) >= 11 is 0. The van der Waals surface area contributed by atoms with Crippen LogP contribution in [0.2, 0.25) is 0 Å². The number of nitrogens with one attached hydrogen (secondary N) is 1. The zero-order valence-electron chi connectivity index (χ0n) is 16.4. The Morgan fingerprint density at radius 2 is 2.04 bits per heavy atom. The largest absolute Gasteiger partial charge is 0.450 e. The second-order valence-corrected chi connectivity index (χ2v) is 7.34. The fourth-order valence-electron chi connectivity index (χ4n) is 3.39. The van der Waals surface area contributed by atoms with Gasteiger partial charge in [-0.05, 0) is 43.4 Å². The quantitative estimate of drug-likeness (QED) is 0.798. The van der Waals surface area contributed by atoms with Crippen LogP contribution in [-0.2, 0) is 15.7 Å². The number of halogens is 3. The number of carbonyl (C=O) groups is 2. The number of piperidine rings is 1. The number of carbonyl (C=O) groups excluding carboxylic acids is 2. The third-order valence-corrected chi connectivity index (χ3v) is 4.86. The van der Waals surface area contributed by atoms with Gasteiger partial charge >= 0.3 is 12.3 Å². The van der Waals surface area contributed by atoms with E-state index < -0.39 is 29.8 Å². The molecule has 2 atom stereocenters. The van der Waals surface area contributed by atoms with Crippen LogP contribution in [0, 0.1) is 11.8 Å². The van der Waals surface area contributed by atoms with Gasteiger partial charge in [-0.2, -0.15) is 13.2 Å². The van der Waals surface area contributed by atoms with E-state index in [0.29, 0.717) is 24.9 Å². The molecule has 1 aliphatic heterocycles. The van der Waals surface area contributed by atoms with Gasteiger partial charge < -0.3 is 15.0 Å². The number of likely N-dealkylation sites (tertiary alicyclic amines) is 1. The molecule has 2 amide bonds. The molecule has 5 nitrogen and oxygen atoms in total. The van der Waals surface area contributed by atoms with Crippen LogP contribution in [0.1, 0.15) is 50.8 Å². The standard InChI is InChI=1S/C20H27F3N2O3/c1-4-28-19(27)25-10-6-8-15(12-25)18(26)24-17(13(2)3)14-7-5-9-16(11-14)20(21,22)23/h5,7,9,11,13,15,17H,4,6,8,10,12H2,1-3H3,(H,24,26). The van der Waals surface area contributed by atoms with Crippen LogP contribution in [0.25, 0.3) is 0 Å². The van der Waals surface area contributed by atoms with Gasteiger partial charge in [-0.15, -0.1) is 0 Å². The van der Waals surface area contributed by atoms with Gasteiger partial charge in [-0.3, -0.25) is 4.79 Å². The molecule has 1 heterocycles. The fraction of sp³-hybridized carbons (Fsp3) is 0.600. The molecule has 156 valence electrons. The van der Waals surface area contributed by atoms with Gasteiger partial charge in [-0.1, -0.05) is 26.0 Å². The topological polar surface area (TPSA) is 58.6 Å². The SMILES string of the molecule is CCOC(=O)N1CCCC(C(=O)NC(c2cccc(C(F)(F)F)c2)C(C)C)C1. The zero-order chi connectivity index (χ0) is 20.9. The Balaban J connectivity index is 2.12. The summed E-state index contributed by atoms with van der Waals surface area (Å²) in [5.41, 5.74) is -0.327. The van der Waals surface area contributed by atoms with E-state index >= 15 is 0 Å². The Kier molecular flexibility index (Phi) is 7.32. The Morgan fingerprint density at radius 3 is 2.64 bits per heavy atom. The molecule has 1 saturated heterocycles. The van der Waals surface area contributed by atoms with Gasteiger partial charge in [0.05, 0.1) is 24.1 Å². The maximum absolute atomic E-state index is 13.0. The van der Waals surface area contributed by atoms with Gasteiger partial charge in [0.25, 0.3) is 0 Å². The molecule has 1 aromatic rings. The highest BCUT2D eigenvalue weighted by molar-refractivity contribution is 5.80. The molecule has 0 spiro atoms. The van der Waals surface area contributed by atoms with Crippen molar-refractivity contribution in [2.45, 2.75) is 45.8 Å². The first-order valence-corrected chi connectivity index (χ1v) is 9.52. The van der Waals surface area contributed by atoms with E-state index in [-0.39, 0.29) is 25.0 Å². The van der Waals surface area contributed by atoms with Crippen molar-refractivity contribution in [1.29, 1.82) is 0 Å². The van der Waals surface area contributed by atoms with Gasteiger partial charge in [0.15, 0.2) is 0 Å². The van der Waals surface area contributed by atoms with E-state index in [1.807, 2.05) is 13.8 Å². The summed E-state index contributed by atoms with van der Waals surface area (Å²) in [7, 11) is 0. The van der Waals surface area contributed by atoms with Crippen LogP contribution in [0.4, 0.5) is 18.0 Å². The lowest BCUT2D eigenvalue weighted by atomic mass is 9.92. The van der Waals surface area contributed by atoms with Crippen LogP contribution in [-0.4, -0.2) is 36.6 Å². The van der Waals surface area contributed by atoms with Crippen molar-refractivity contribution >= 4 is 12.0 Å². The summed E-state index contributed by atoms with van der Waals surface area (Å²) < 4.78 is 44.1. The van der Waals surface area contributed by atoms with Crippen molar-refractivity contribution < 1.29 is 27.5 Å². The normalized spacial score (nSPS) is 18.7. The summed E-state index contributed by atoms with van der Waals surface area (Å²) in [5.74, 6) is -0.771. The lowest BCUT2D eigenvalue weighted by Crippen LogP contribution is -2.46. The Labute approximate surface area is 163 Å². The molecule has 1 aromatic carbocycles. The first-order valence-electron chi connectivity index (χ1n) is 9.52. The van der Waals surface area contributed by atoms with Crippen LogP contribution >= 0.6 is 0 Å². The maximum atomic E-state index is 13.0. The van der Waals surface area contributed by atoms with E-state index in [1.54, 1.807) is 13.0 Å². The lowest BCUT2D eigenvalue weighted by molar-refractivity contribution is -0.137. The molecule has 8 heteroatoms. The van der Waals surface area contributed by atoms with E-state index in [2.05, 4.69) is 5.32 Å². The van der Waals surface area contributed by atoms with Crippen LogP contribution in [0.5, 0.6) is 0 Å². The van der Waals surface area contributed by atoms with Crippen molar-refractivity contribution in [3.05, 3.63) is 35.4 Å². The molecule has 2 rings (SSSR count). The van der Waals surface area contributed by atoms with E-state index in [9.17, 15) is 22.8 Å². The number of amides is 2. The van der Waals surface area contributed by atoms with Gasteiger partial charge in [0, 0.05) is 13.1 Å². The van der Waals surface area contributed by atoms with Crippen molar-refractivity contribution in [3.8, 4) is 0 Å². The van der Waals surface area contributed by atoms with Gasteiger partial charge in [0.2, 0.25) is 5.91 Å². The third kappa shape index (κ3) is 5.62. The monoisotopic (exact) mass is 400 g/mol. The van der Waals surface area contributed by atoms with E-state index in [0.717, 1.165) is 12.1 Å². The van der Waals surface area contributed by atoms with Gasteiger partial charge in [0.1, 0.15) is 0 Å². The fourth-order valence-corrected chi connectivity index (χ4v) is 3.39. The molecule has 0 radical (unpaired) electrons. The summed E-state index contributed by atoms with van der Waals surface area (Å²) in [4.78, 5) is 26.2. The molecule has 0 aliphatic carbocycles. The minimum absolute atomic E-state index is 0.0998. The predicted molar refractivity (Wildman–Crippen MR) is 98.5 cm³/mol. The molecule has 0 saturated carbocycles. The lowest BCUT2D eigenvalue weighted by Gasteiger charge is -2.33. The Morgan fingerprint density at radius 1 is 1.32 bits per heavy atom. The van der Waals surface area contributed by atoms with Crippen molar-refractivity contribution in [1.82, 2.24) is 10.2 Å². The first-order chi connectivity index (χ1) is 13.1. The van der Waals surface area contributed by atoms with Crippen molar-refractivity contribution in [2.24, 2.45) is 11.8 Å². The Bertz CT molecular complexity index is 692. The van der Waals surface area contributed by atoms with E-state index in [4.69, 9.17) is 4.74 Å². The molecule has 2 unspecified atom stereocenters. The number of rotatable bonds is 5. The molecular formula is C20H27F3N2O3. The second kappa shape index (κ2) is 9.30. The predicted octanol–water partition coefficient (Wildman–Crippen LogP) is 4.39. The molecule has 0 aromatic heterocycles. The number of hydrogen-bond donors (Lipinski definition) is 1. The Hall–Kier alpha value is -2.25. The minimum Gasteiger partial charge on any atom is -0.450 e. The summed E-state index contributed by atoms with van der Waals surface area (Å²) in [6, 6.07) is 4.49. The highest BCUT2D eigenvalue weighted by Gasteiger charge is 2.33. The summed E-state index contributed by atoms with van der Waals surface area (Å²) in [6.45, 7) is 6.45. The smallest absolute Gasteiger partial charge is 0.416 e. The third-order valence-electron chi connectivity index (χ3n) is 4.86. The maximum Gasteiger partial charge on any atom is 0.416 e. The number of ether oxygens (including phenoxy) is 1. The number of benzene rings is 1. The molecular weight excluding hydrogens is 373 g/mol. The average Bonchev–Trinajstić information content (AvgIpc) is 2.65. The molecule has 1 aliphatic rings. The zero-order valence-corrected chi connectivity index (χ0v) is 16.4.